The lowest BCUT2D eigenvalue weighted by Crippen LogP contribution is -2.27. The zero-order chi connectivity index (χ0) is 21.1. The predicted molar refractivity (Wildman–Crippen MR) is 111 cm³/mol. The molecule has 1 amide bonds. The number of nitrogens with one attached hydrogen (secondary N) is 2. The van der Waals surface area contributed by atoms with Gasteiger partial charge in [0.15, 0.2) is 0 Å². The molecule has 0 radical (unpaired) electrons. The number of carbonyl (C=O) groups is 1. The average molecular weight is 413 g/mol. The Morgan fingerprint density at radius 3 is 2.47 bits per heavy atom. The fourth-order valence-corrected chi connectivity index (χ4v) is 3.39. The number of nitrogens with zero attached hydrogens (tertiary/aromatic N) is 1. The third-order valence-corrected chi connectivity index (χ3v) is 5.35. The van der Waals surface area contributed by atoms with Crippen molar-refractivity contribution in [1.29, 1.82) is 0 Å². The van der Waals surface area contributed by atoms with E-state index in [0.29, 0.717) is 23.7 Å². The minimum Gasteiger partial charge on any atom is -0.367 e. The highest BCUT2D eigenvalue weighted by atomic mass is 19.4. The largest absolute Gasteiger partial charge is 0.416 e. The number of aromatic nitrogens is 1. The summed E-state index contributed by atoms with van der Waals surface area (Å²) in [5.41, 5.74) is 1.52. The highest BCUT2D eigenvalue weighted by Gasteiger charge is 2.29. The van der Waals surface area contributed by atoms with Gasteiger partial charge in [0, 0.05) is 23.5 Å². The Kier molecular flexibility index (Phi) is 5.61. The Bertz CT molecular complexity index is 1040. The fraction of sp³-hybridized carbons (Fsp3) is 0.304. The Morgan fingerprint density at radius 1 is 1.03 bits per heavy atom. The standard InChI is InChI=1S/C23H22F3N3O/c24-23(25,26)17-8-4-15(5-9-17)6-13-22(30)28-19-10-11-20-16(14-19)7-12-21(29-20)27-18-2-1-3-18/h4-5,7-12,14,18H,1-3,6,13H2,(H,27,29)(H,28,30). The van der Waals surface area contributed by atoms with Crippen molar-refractivity contribution in [2.45, 2.75) is 44.3 Å². The van der Waals surface area contributed by atoms with Crippen LogP contribution in [0.1, 0.15) is 36.8 Å². The van der Waals surface area contributed by atoms with E-state index in [1.807, 2.05) is 24.3 Å². The first-order valence-electron chi connectivity index (χ1n) is 10.0. The van der Waals surface area contributed by atoms with Gasteiger partial charge in [-0.05, 0) is 73.7 Å². The number of alkyl halides is 3. The lowest BCUT2D eigenvalue weighted by atomic mass is 9.93. The van der Waals surface area contributed by atoms with Crippen LogP contribution in [-0.4, -0.2) is 16.9 Å². The number of hydrogen-bond donors (Lipinski definition) is 2. The van der Waals surface area contributed by atoms with Crippen LogP contribution in [0.25, 0.3) is 10.9 Å². The fourth-order valence-electron chi connectivity index (χ4n) is 3.39. The van der Waals surface area contributed by atoms with E-state index in [4.69, 9.17) is 0 Å². The van der Waals surface area contributed by atoms with Gasteiger partial charge in [-0.15, -0.1) is 0 Å². The molecule has 7 heteroatoms. The summed E-state index contributed by atoms with van der Waals surface area (Å²) in [5.74, 6) is 0.672. The van der Waals surface area contributed by atoms with Crippen LogP contribution in [0.4, 0.5) is 24.7 Å². The summed E-state index contributed by atoms with van der Waals surface area (Å²) in [6.45, 7) is 0. The van der Waals surface area contributed by atoms with Crippen LogP contribution in [0.5, 0.6) is 0 Å². The van der Waals surface area contributed by atoms with Gasteiger partial charge < -0.3 is 10.6 Å². The number of amides is 1. The van der Waals surface area contributed by atoms with Gasteiger partial charge in [-0.2, -0.15) is 13.2 Å². The van der Waals surface area contributed by atoms with Crippen LogP contribution < -0.4 is 10.6 Å². The Morgan fingerprint density at radius 2 is 1.80 bits per heavy atom. The molecule has 1 aliphatic carbocycles. The summed E-state index contributed by atoms with van der Waals surface area (Å²) < 4.78 is 37.8. The predicted octanol–water partition coefficient (Wildman–Crippen LogP) is 5.79. The summed E-state index contributed by atoms with van der Waals surface area (Å²) in [4.78, 5) is 16.9. The molecule has 2 N–H and O–H groups in total. The van der Waals surface area contributed by atoms with E-state index in [1.54, 1.807) is 6.07 Å². The average Bonchev–Trinajstić information content (AvgIpc) is 2.69. The summed E-state index contributed by atoms with van der Waals surface area (Å²) in [5, 5.41) is 7.19. The van der Waals surface area contributed by atoms with Crippen LogP contribution in [0, 0.1) is 0 Å². The molecule has 1 fully saturated rings. The number of anilines is 2. The van der Waals surface area contributed by atoms with E-state index in [2.05, 4.69) is 15.6 Å². The van der Waals surface area contributed by atoms with Crippen molar-refractivity contribution in [3.63, 3.8) is 0 Å². The van der Waals surface area contributed by atoms with Gasteiger partial charge in [0.2, 0.25) is 5.91 Å². The van der Waals surface area contributed by atoms with Crippen molar-refractivity contribution < 1.29 is 18.0 Å². The Hall–Kier alpha value is -3.09. The Balaban J connectivity index is 1.33. The molecule has 1 aliphatic rings. The number of benzene rings is 2. The summed E-state index contributed by atoms with van der Waals surface area (Å²) in [7, 11) is 0. The van der Waals surface area contributed by atoms with Crippen LogP contribution in [-0.2, 0) is 17.4 Å². The van der Waals surface area contributed by atoms with Crippen LogP contribution in [0.3, 0.4) is 0 Å². The topological polar surface area (TPSA) is 54.0 Å². The molecule has 0 spiro atoms. The third-order valence-electron chi connectivity index (χ3n) is 5.35. The van der Waals surface area contributed by atoms with Crippen molar-refractivity contribution in [1.82, 2.24) is 4.98 Å². The molecule has 0 saturated heterocycles. The Labute approximate surface area is 172 Å². The number of rotatable bonds is 6. The molecule has 30 heavy (non-hydrogen) atoms. The normalized spacial score (nSPS) is 14.4. The van der Waals surface area contributed by atoms with E-state index >= 15 is 0 Å². The van der Waals surface area contributed by atoms with Gasteiger partial charge in [-0.3, -0.25) is 4.79 Å². The highest BCUT2D eigenvalue weighted by Crippen LogP contribution is 2.29. The monoisotopic (exact) mass is 413 g/mol. The molecular weight excluding hydrogens is 391 g/mol. The lowest BCUT2D eigenvalue weighted by Gasteiger charge is -2.26. The van der Waals surface area contributed by atoms with Crippen molar-refractivity contribution in [3.8, 4) is 0 Å². The SMILES string of the molecule is O=C(CCc1ccc(C(F)(F)F)cc1)Nc1ccc2nc(NC3CCC3)ccc2c1. The van der Waals surface area contributed by atoms with Crippen LogP contribution >= 0.6 is 0 Å². The van der Waals surface area contributed by atoms with E-state index in [9.17, 15) is 18.0 Å². The van der Waals surface area contributed by atoms with Gasteiger partial charge in [0.05, 0.1) is 11.1 Å². The van der Waals surface area contributed by atoms with Crippen molar-refractivity contribution in [3.05, 3.63) is 65.7 Å². The second-order valence-electron chi connectivity index (χ2n) is 7.62. The lowest BCUT2D eigenvalue weighted by molar-refractivity contribution is -0.137. The second kappa shape index (κ2) is 8.34. The van der Waals surface area contributed by atoms with Gasteiger partial charge in [0.25, 0.3) is 0 Å². The van der Waals surface area contributed by atoms with Gasteiger partial charge >= 0.3 is 6.18 Å². The first-order valence-corrected chi connectivity index (χ1v) is 10.0. The number of hydrogen-bond acceptors (Lipinski definition) is 3. The number of pyridine rings is 1. The van der Waals surface area contributed by atoms with Gasteiger partial charge in [-0.1, -0.05) is 12.1 Å². The van der Waals surface area contributed by atoms with E-state index in [0.717, 1.165) is 28.9 Å². The van der Waals surface area contributed by atoms with Crippen molar-refractivity contribution in [2.24, 2.45) is 0 Å². The molecule has 0 aliphatic heterocycles. The first kappa shape index (κ1) is 20.2. The molecule has 0 unspecified atom stereocenters. The number of aryl methyl sites for hydroxylation is 1. The maximum Gasteiger partial charge on any atom is 0.416 e. The summed E-state index contributed by atoms with van der Waals surface area (Å²) in [6.07, 6.45) is -0.183. The van der Waals surface area contributed by atoms with E-state index in [-0.39, 0.29) is 12.3 Å². The molecule has 0 bridgehead atoms. The molecule has 4 rings (SSSR count). The molecule has 156 valence electrons. The minimum atomic E-state index is -4.35. The van der Waals surface area contributed by atoms with Crippen molar-refractivity contribution in [2.75, 3.05) is 10.6 Å². The molecule has 2 aromatic carbocycles. The molecular formula is C23H22F3N3O. The smallest absolute Gasteiger partial charge is 0.367 e. The van der Waals surface area contributed by atoms with Crippen molar-refractivity contribution >= 4 is 28.3 Å². The second-order valence-corrected chi connectivity index (χ2v) is 7.62. The maximum atomic E-state index is 12.6. The van der Waals surface area contributed by atoms with E-state index in [1.165, 1.54) is 31.4 Å². The molecule has 1 saturated carbocycles. The summed E-state index contributed by atoms with van der Waals surface area (Å²) >= 11 is 0. The number of fused-ring (bicyclic) bond motifs is 1. The molecule has 1 aromatic heterocycles. The van der Waals surface area contributed by atoms with E-state index < -0.39 is 11.7 Å². The molecule has 1 heterocycles. The maximum absolute atomic E-state index is 12.6. The summed E-state index contributed by atoms with van der Waals surface area (Å²) in [6, 6.07) is 14.9. The number of halogens is 3. The van der Waals surface area contributed by atoms with Gasteiger partial charge in [0.1, 0.15) is 5.82 Å². The molecule has 4 nitrogen and oxygen atoms in total. The van der Waals surface area contributed by atoms with Crippen LogP contribution in [0.15, 0.2) is 54.6 Å². The third kappa shape index (κ3) is 4.90. The quantitative estimate of drug-likeness (QED) is 0.538. The highest BCUT2D eigenvalue weighted by molar-refractivity contribution is 5.94. The molecule has 0 atom stereocenters. The van der Waals surface area contributed by atoms with Gasteiger partial charge in [-0.25, -0.2) is 4.98 Å². The zero-order valence-corrected chi connectivity index (χ0v) is 16.3. The minimum absolute atomic E-state index is 0.186. The first-order chi connectivity index (χ1) is 14.4. The number of carbonyl (C=O) groups excluding carboxylic acids is 1. The molecule has 3 aromatic rings. The zero-order valence-electron chi connectivity index (χ0n) is 16.3. The van der Waals surface area contributed by atoms with Crippen LogP contribution in [0.2, 0.25) is 0 Å².